The van der Waals surface area contributed by atoms with Crippen molar-refractivity contribution in [3.63, 3.8) is 0 Å². The minimum Gasteiger partial charge on any atom is -0.329 e. The van der Waals surface area contributed by atoms with Gasteiger partial charge in [-0.05, 0) is 6.92 Å². The summed E-state index contributed by atoms with van der Waals surface area (Å²) >= 11 is 0. The summed E-state index contributed by atoms with van der Waals surface area (Å²) in [5.74, 6) is 0. The first-order valence-corrected chi connectivity index (χ1v) is 6.37. The van der Waals surface area contributed by atoms with Gasteiger partial charge in [-0.3, -0.25) is 4.57 Å². The van der Waals surface area contributed by atoms with E-state index in [0.29, 0.717) is 19.7 Å². The van der Waals surface area contributed by atoms with Crippen LogP contribution in [0.5, 0.6) is 0 Å². The Hall–Kier alpha value is 0.110. The summed E-state index contributed by atoms with van der Waals surface area (Å²) in [7, 11) is -2.54. The largest absolute Gasteiger partial charge is 0.329 e. The lowest BCUT2D eigenvalue weighted by Crippen LogP contribution is -2.20. The number of hydrogen-bond donors (Lipinski definition) is 2. The molecule has 0 radical (unpaired) electrons. The van der Waals surface area contributed by atoms with Crippen LogP contribution in [-0.2, 0) is 9.09 Å². The molecule has 0 saturated heterocycles. The predicted octanol–water partition coefficient (Wildman–Crippen LogP) is 1.42. The summed E-state index contributed by atoms with van der Waals surface area (Å²) in [6, 6.07) is 0. The van der Waals surface area contributed by atoms with Crippen molar-refractivity contribution in [2.24, 2.45) is 5.73 Å². The van der Waals surface area contributed by atoms with Gasteiger partial charge >= 0.3 is 0 Å². The molecular weight excluding hydrogens is 175 g/mol. The number of hydrogen-bond acceptors (Lipinski definition) is 3. The van der Waals surface area contributed by atoms with E-state index in [0.717, 1.165) is 0 Å². The van der Waals surface area contributed by atoms with E-state index in [4.69, 9.17) is 10.3 Å². The SMILES string of the molecule is CC.CCOP(C)(=O)NCCN. The second-order valence-electron chi connectivity index (χ2n) is 1.96. The first-order chi connectivity index (χ1) is 5.62. The Balaban J connectivity index is 0. The highest BCUT2D eigenvalue weighted by molar-refractivity contribution is 7.56. The van der Waals surface area contributed by atoms with Crippen molar-refractivity contribution in [2.75, 3.05) is 26.4 Å². The molecule has 1 atom stereocenters. The molecule has 0 bridgehead atoms. The fourth-order valence-corrected chi connectivity index (χ4v) is 1.68. The molecule has 1 unspecified atom stereocenters. The van der Waals surface area contributed by atoms with Crippen LogP contribution in [0.25, 0.3) is 0 Å². The van der Waals surface area contributed by atoms with Gasteiger partial charge in [-0.2, -0.15) is 0 Å². The fourth-order valence-electron chi connectivity index (χ4n) is 0.560. The summed E-state index contributed by atoms with van der Waals surface area (Å²) in [6.45, 7) is 8.83. The van der Waals surface area contributed by atoms with E-state index in [-0.39, 0.29) is 0 Å². The molecule has 5 heteroatoms. The Morgan fingerprint density at radius 3 is 2.33 bits per heavy atom. The van der Waals surface area contributed by atoms with Gasteiger partial charge < -0.3 is 10.3 Å². The minimum atomic E-state index is -2.54. The van der Waals surface area contributed by atoms with Gasteiger partial charge in [0.25, 0.3) is 7.52 Å². The van der Waals surface area contributed by atoms with Gasteiger partial charge in [0.05, 0.1) is 6.61 Å². The van der Waals surface area contributed by atoms with Crippen LogP contribution in [0.3, 0.4) is 0 Å². The van der Waals surface area contributed by atoms with E-state index in [1.165, 1.54) is 0 Å². The van der Waals surface area contributed by atoms with Crippen LogP contribution in [0.4, 0.5) is 0 Å². The van der Waals surface area contributed by atoms with Crippen LogP contribution in [-0.4, -0.2) is 26.4 Å². The molecule has 0 aliphatic rings. The molecule has 0 aromatic heterocycles. The summed E-state index contributed by atoms with van der Waals surface area (Å²) in [4.78, 5) is 0. The quantitative estimate of drug-likeness (QED) is 0.653. The van der Waals surface area contributed by atoms with Crippen molar-refractivity contribution in [1.29, 1.82) is 0 Å². The molecule has 0 heterocycles. The van der Waals surface area contributed by atoms with Gasteiger partial charge in [-0.15, -0.1) is 0 Å². The Morgan fingerprint density at radius 1 is 1.50 bits per heavy atom. The molecule has 3 N–H and O–H groups in total. The van der Waals surface area contributed by atoms with Crippen molar-refractivity contribution in [3.05, 3.63) is 0 Å². The summed E-state index contributed by atoms with van der Waals surface area (Å²) in [6.07, 6.45) is 0. The van der Waals surface area contributed by atoms with E-state index in [9.17, 15) is 4.57 Å². The van der Waals surface area contributed by atoms with Crippen molar-refractivity contribution in [1.82, 2.24) is 5.09 Å². The minimum absolute atomic E-state index is 0.464. The van der Waals surface area contributed by atoms with Crippen LogP contribution in [0.1, 0.15) is 20.8 Å². The van der Waals surface area contributed by atoms with Crippen molar-refractivity contribution in [3.8, 4) is 0 Å². The predicted molar refractivity (Wildman–Crippen MR) is 53.6 cm³/mol. The van der Waals surface area contributed by atoms with Gasteiger partial charge in [0.15, 0.2) is 0 Å². The molecule has 12 heavy (non-hydrogen) atoms. The summed E-state index contributed by atoms with van der Waals surface area (Å²) < 4.78 is 16.1. The zero-order valence-corrected chi connectivity index (χ0v) is 9.36. The molecule has 0 aliphatic heterocycles. The molecule has 0 rings (SSSR count). The zero-order valence-electron chi connectivity index (χ0n) is 8.46. The van der Waals surface area contributed by atoms with E-state index in [1.807, 2.05) is 13.8 Å². The summed E-state index contributed by atoms with van der Waals surface area (Å²) in [5.41, 5.74) is 5.19. The number of nitrogens with one attached hydrogen (secondary N) is 1. The Kier molecular flexibility index (Phi) is 11.2. The van der Waals surface area contributed by atoms with Gasteiger partial charge in [0.2, 0.25) is 0 Å². The van der Waals surface area contributed by atoms with E-state index < -0.39 is 7.52 Å². The van der Waals surface area contributed by atoms with E-state index >= 15 is 0 Å². The molecule has 0 amide bonds. The molecule has 0 saturated carbocycles. The zero-order chi connectivity index (χ0) is 10.0. The topological polar surface area (TPSA) is 64.3 Å². The normalized spacial score (nSPS) is 14.4. The molecule has 4 nitrogen and oxygen atoms in total. The highest BCUT2D eigenvalue weighted by Crippen LogP contribution is 2.36. The van der Waals surface area contributed by atoms with Gasteiger partial charge in [0, 0.05) is 19.8 Å². The highest BCUT2D eigenvalue weighted by Gasteiger charge is 2.11. The highest BCUT2D eigenvalue weighted by atomic mass is 31.2. The third-order valence-electron chi connectivity index (χ3n) is 0.919. The molecule has 0 fully saturated rings. The van der Waals surface area contributed by atoms with Crippen molar-refractivity contribution < 1.29 is 9.09 Å². The first kappa shape index (κ1) is 14.6. The van der Waals surface area contributed by atoms with E-state index in [2.05, 4.69) is 5.09 Å². The maximum atomic E-state index is 11.2. The van der Waals surface area contributed by atoms with Crippen LogP contribution in [0, 0.1) is 0 Å². The maximum Gasteiger partial charge on any atom is 0.266 e. The average Bonchev–Trinajstić information content (AvgIpc) is 2.05. The Morgan fingerprint density at radius 2 is 2.00 bits per heavy atom. The lowest BCUT2D eigenvalue weighted by molar-refractivity contribution is 0.329. The van der Waals surface area contributed by atoms with Crippen LogP contribution in [0.15, 0.2) is 0 Å². The summed E-state index contributed by atoms with van der Waals surface area (Å²) in [5, 5.41) is 2.72. The molecular formula is C7H21N2O2P. The molecule has 0 aromatic carbocycles. The third-order valence-corrected chi connectivity index (χ3v) is 2.47. The van der Waals surface area contributed by atoms with Crippen molar-refractivity contribution in [2.45, 2.75) is 20.8 Å². The Bertz CT molecular complexity index is 131. The van der Waals surface area contributed by atoms with Crippen LogP contribution >= 0.6 is 7.52 Å². The number of rotatable bonds is 5. The molecule has 0 aliphatic carbocycles. The lowest BCUT2D eigenvalue weighted by Gasteiger charge is -2.12. The lowest BCUT2D eigenvalue weighted by atomic mass is 10.7. The van der Waals surface area contributed by atoms with Crippen LogP contribution in [0.2, 0.25) is 0 Å². The molecule has 0 spiro atoms. The van der Waals surface area contributed by atoms with Gasteiger partial charge in [-0.25, -0.2) is 5.09 Å². The van der Waals surface area contributed by atoms with Gasteiger partial charge in [0.1, 0.15) is 0 Å². The monoisotopic (exact) mass is 196 g/mol. The molecule has 76 valence electrons. The smallest absolute Gasteiger partial charge is 0.266 e. The third kappa shape index (κ3) is 10.1. The van der Waals surface area contributed by atoms with Crippen LogP contribution < -0.4 is 10.8 Å². The second kappa shape index (κ2) is 9.20. The number of nitrogens with two attached hydrogens (primary N) is 1. The van der Waals surface area contributed by atoms with E-state index in [1.54, 1.807) is 13.6 Å². The van der Waals surface area contributed by atoms with Gasteiger partial charge in [-0.1, -0.05) is 13.8 Å². The second-order valence-corrected chi connectivity index (χ2v) is 4.23. The molecule has 0 aromatic rings. The fraction of sp³-hybridized carbons (Fsp3) is 1.00. The Labute approximate surface area is 75.4 Å². The van der Waals surface area contributed by atoms with Crippen molar-refractivity contribution >= 4 is 7.52 Å². The first-order valence-electron chi connectivity index (χ1n) is 4.29. The standard InChI is InChI=1S/C5H15N2O2P.C2H6/c1-3-9-10(2,8)7-5-4-6;1-2/h3-6H2,1-2H3,(H,7,8);1-2H3. The maximum absolute atomic E-state index is 11.2. The average molecular weight is 196 g/mol.